The van der Waals surface area contributed by atoms with E-state index in [1.165, 1.54) is 11.1 Å². The number of H-pyrrole nitrogens is 1. The van der Waals surface area contributed by atoms with E-state index in [0.717, 1.165) is 39.4 Å². The molecule has 0 amide bonds. The number of aliphatic hydroxyl groups excluding tert-OH is 1. The molecule has 1 heterocycles. The van der Waals surface area contributed by atoms with Gasteiger partial charge in [-0.1, -0.05) is 17.7 Å². The van der Waals surface area contributed by atoms with Gasteiger partial charge in [0.05, 0.1) is 24.1 Å². The average molecular weight is 353 g/mol. The Morgan fingerprint density at radius 3 is 2.65 bits per heavy atom. The lowest BCUT2D eigenvalue weighted by molar-refractivity contribution is 0.195. The fourth-order valence-electron chi connectivity index (χ4n) is 3.58. The second-order valence-corrected chi connectivity index (χ2v) is 7.28. The molecule has 3 N–H and O–H groups in total. The minimum atomic E-state index is -0.481. The van der Waals surface area contributed by atoms with Crippen LogP contribution in [0, 0.1) is 6.92 Å². The van der Waals surface area contributed by atoms with Gasteiger partial charge in [0.25, 0.3) is 0 Å². The van der Waals surface area contributed by atoms with E-state index >= 15 is 0 Å². The molecule has 1 aromatic heterocycles. The molecule has 0 bridgehead atoms. The maximum atomic E-state index is 10.9. The molecule has 0 aliphatic rings. The Kier molecular flexibility index (Phi) is 4.97. The van der Waals surface area contributed by atoms with Crippen LogP contribution in [0.25, 0.3) is 21.8 Å². The van der Waals surface area contributed by atoms with Crippen molar-refractivity contribution >= 4 is 21.8 Å². The number of hydrogen-bond donors (Lipinski definition) is 3. The second kappa shape index (κ2) is 7.04. The number of aromatic nitrogens is 1. The van der Waals surface area contributed by atoms with Crippen molar-refractivity contribution in [3.8, 4) is 11.5 Å². The third-order valence-electron chi connectivity index (χ3n) is 4.86. The molecule has 0 aliphatic heterocycles. The maximum Gasteiger partial charge on any atom is 0.168 e. The minimum absolute atomic E-state index is 0.153. The van der Waals surface area contributed by atoms with Crippen molar-refractivity contribution in [3.05, 3.63) is 46.5 Å². The van der Waals surface area contributed by atoms with Crippen molar-refractivity contribution in [1.82, 2.24) is 4.98 Å². The third-order valence-corrected chi connectivity index (χ3v) is 4.86. The van der Waals surface area contributed by atoms with Gasteiger partial charge in [-0.15, -0.1) is 0 Å². The van der Waals surface area contributed by atoms with Gasteiger partial charge >= 0.3 is 0 Å². The van der Waals surface area contributed by atoms with Crippen molar-refractivity contribution in [3.63, 3.8) is 0 Å². The van der Waals surface area contributed by atoms with Gasteiger partial charge in [-0.3, -0.25) is 0 Å². The Labute approximate surface area is 154 Å². The average Bonchev–Trinajstić information content (AvgIpc) is 2.95. The Bertz CT molecular complexity index is 992. The quantitative estimate of drug-likeness (QED) is 0.579. The highest BCUT2D eigenvalue weighted by Crippen LogP contribution is 2.44. The Hall–Kier alpha value is -2.46. The number of phenols is 1. The molecule has 0 fully saturated rings. The molecular formula is C22H27NO3. The first-order valence-electron chi connectivity index (χ1n) is 8.97. The van der Waals surface area contributed by atoms with E-state index < -0.39 is 6.10 Å². The number of aliphatic hydroxyl groups is 1. The van der Waals surface area contributed by atoms with E-state index in [1.54, 1.807) is 14.0 Å². The molecule has 26 heavy (non-hydrogen) atoms. The molecule has 1 atom stereocenters. The third kappa shape index (κ3) is 3.17. The number of ether oxygens (including phenoxy) is 1. The number of methoxy groups -OCH3 is 1. The van der Waals surface area contributed by atoms with Crippen LogP contribution in [0.1, 0.15) is 37.5 Å². The fraction of sp³-hybridized carbons (Fsp3) is 0.364. The lowest BCUT2D eigenvalue weighted by Gasteiger charge is -2.15. The number of hydrogen-bond acceptors (Lipinski definition) is 3. The topological polar surface area (TPSA) is 65.5 Å². The summed E-state index contributed by atoms with van der Waals surface area (Å²) >= 11 is 0. The second-order valence-electron chi connectivity index (χ2n) is 7.28. The van der Waals surface area contributed by atoms with Gasteiger partial charge in [0.15, 0.2) is 11.5 Å². The highest BCUT2D eigenvalue weighted by atomic mass is 16.5. The molecule has 1 unspecified atom stereocenters. The summed E-state index contributed by atoms with van der Waals surface area (Å²) in [5.74, 6) is 0.628. The van der Waals surface area contributed by atoms with E-state index in [1.807, 2.05) is 6.92 Å². The molecule has 4 nitrogen and oxygen atoms in total. The number of rotatable bonds is 5. The highest BCUT2D eigenvalue weighted by molar-refractivity contribution is 6.13. The molecule has 2 aromatic carbocycles. The lowest BCUT2D eigenvalue weighted by atomic mass is 9.96. The van der Waals surface area contributed by atoms with Crippen LogP contribution in [-0.2, 0) is 12.8 Å². The van der Waals surface area contributed by atoms with Crippen molar-refractivity contribution in [2.24, 2.45) is 0 Å². The molecular weight excluding hydrogens is 326 g/mol. The van der Waals surface area contributed by atoms with E-state index in [-0.39, 0.29) is 5.75 Å². The fourth-order valence-corrected chi connectivity index (χ4v) is 3.58. The van der Waals surface area contributed by atoms with Gasteiger partial charge in [0.2, 0.25) is 0 Å². The molecule has 0 saturated heterocycles. The van der Waals surface area contributed by atoms with Crippen molar-refractivity contribution in [1.29, 1.82) is 0 Å². The van der Waals surface area contributed by atoms with Crippen LogP contribution in [0.15, 0.2) is 29.8 Å². The van der Waals surface area contributed by atoms with E-state index in [4.69, 9.17) is 4.74 Å². The summed E-state index contributed by atoms with van der Waals surface area (Å²) < 4.78 is 5.48. The number of nitrogens with one attached hydrogen (secondary N) is 1. The number of benzene rings is 2. The Morgan fingerprint density at radius 1 is 1.31 bits per heavy atom. The van der Waals surface area contributed by atoms with Crippen molar-refractivity contribution in [2.75, 3.05) is 7.11 Å². The summed E-state index contributed by atoms with van der Waals surface area (Å²) in [5.41, 5.74) is 6.15. The SMILES string of the molecule is COc1c(C)c(CC(C)O)c2[nH]c3ccc(CC=C(C)C)cc3c2c1O. The molecule has 0 radical (unpaired) electrons. The van der Waals surface area contributed by atoms with Crippen LogP contribution in [0.4, 0.5) is 0 Å². The van der Waals surface area contributed by atoms with E-state index in [2.05, 4.69) is 43.1 Å². The molecule has 138 valence electrons. The standard InChI is InChI=1S/C22H27NO3/c1-12(2)6-7-15-8-9-18-17(11-15)19-20(23-18)16(10-13(3)24)14(4)22(26-5)21(19)25/h6,8-9,11,13,23-25H,7,10H2,1-5H3. The lowest BCUT2D eigenvalue weighted by Crippen LogP contribution is -2.07. The summed E-state index contributed by atoms with van der Waals surface area (Å²) in [6, 6.07) is 6.28. The van der Waals surface area contributed by atoms with Crippen molar-refractivity contribution in [2.45, 2.75) is 46.6 Å². The Morgan fingerprint density at radius 2 is 2.04 bits per heavy atom. The number of allylic oxidation sites excluding steroid dienone is 2. The minimum Gasteiger partial charge on any atom is -0.504 e. The monoisotopic (exact) mass is 353 g/mol. The summed E-state index contributed by atoms with van der Waals surface area (Å²) in [6.45, 7) is 7.87. The van der Waals surface area contributed by atoms with Crippen LogP contribution < -0.4 is 4.74 Å². The normalized spacial score (nSPS) is 12.5. The summed E-state index contributed by atoms with van der Waals surface area (Å²) in [4.78, 5) is 3.43. The molecule has 3 aromatic rings. The predicted octanol–water partition coefficient (Wildman–Crippen LogP) is 4.78. The number of phenolic OH excluding ortho intramolecular Hbond substituents is 1. The maximum absolute atomic E-state index is 10.9. The smallest absolute Gasteiger partial charge is 0.168 e. The molecule has 3 rings (SSSR count). The first-order valence-corrected chi connectivity index (χ1v) is 8.97. The van der Waals surface area contributed by atoms with E-state index in [9.17, 15) is 10.2 Å². The zero-order valence-corrected chi connectivity index (χ0v) is 16.1. The molecule has 0 aliphatic carbocycles. The summed E-state index contributed by atoms with van der Waals surface area (Å²) in [7, 11) is 1.56. The van der Waals surface area contributed by atoms with Crippen LogP contribution in [0.2, 0.25) is 0 Å². The van der Waals surface area contributed by atoms with Gasteiger partial charge in [-0.05, 0) is 57.4 Å². The summed E-state index contributed by atoms with van der Waals surface area (Å²) in [5, 5.41) is 22.5. The number of fused-ring (bicyclic) bond motifs is 3. The van der Waals surface area contributed by atoms with Crippen LogP contribution in [0.5, 0.6) is 11.5 Å². The predicted molar refractivity (Wildman–Crippen MR) is 107 cm³/mol. The van der Waals surface area contributed by atoms with Gasteiger partial charge in [-0.25, -0.2) is 0 Å². The number of aromatic amines is 1. The van der Waals surface area contributed by atoms with E-state index in [0.29, 0.717) is 12.2 Å². The first kappa shape index (κ1) is 18.3. The van der Waals surface area contributed by atoms with Gasteiger partial charge in [-0.2, -0.15) is 0 Å². The zero-order chi connectivity index (χ0) is 19.0. The van der Waals surface area contributed by atoms with Crippen LogP contribution in [0.3, 0.4) is 0 Å². The molecule has 0 saturated carbocycles. The van der Waals surface area contributed by atoms with Gasteiger partial charge in [0.1, 0.15) is 0 Å². The highest BCUT2D eigenvalue weighted by Gasteiger charge is 2.21. The van der Waals surface area contributed by atoms with Gasteiger partial charge < -0.3 is 19.9 Å². The van der Waals surface area contributed by atoms with Gasteiger partial charge in [0, 0.05) is 22.9 Å². The number of aromatic hydroxyl groups is 1. The van der Waals surface area contributed by atoms with Crippen LogP contribution in [-0.4, -0.2) is 28.4 Å². The molecule has 4 heteroatoms. The molecule has 0 spiro atoms. The first-order chi connectivity index (χ1) is 12.3. The Balaban J connectivity index is 2.32. The summed E-state index contributed by atoms with van der Waals surface area (Å²) in [6.07, 6.45) is 3.07. The largest absolute Gasteiger partial charge is 0.504 e. The van der Waals surface area contributed by atoms with Crippen LogP contribution >= 0.6 is 0 Å². The zero-order valence-electron chi connectivity index (χ0n) is 16.1. The van der Waals surface area contributed by atoms with Crippen molar-refractivity contribution < 1.29 is 14.9 Å².